The third kappa shape index (κ3) is 4.18. The SMILES string of the molecule is C=CC(=O)NCc1ccc(C(=O)NC(C)C2CCC2)cc1. The number of hydrogen-bond acceptors (Lipinski definition) is 2. The van der Waals surface area contributed by atoms with E-state index in [1.165, 1.54) is 25.3 Å². The number of benzene rings is 1. The predicted octanol–water partition coefficient (Wildman–Crippen LogP) is 2.41. The first-order valence-electron chi connectivity index (χ1n) is 7.40. The van der Waals surface area contributed by atoms with Crippen molar-refractivity contribution < 1.29 is 9.59 Å². The van der Waals surface area contributed by atoms with Crippen LogP contribution in [0.15, 0.2) is 36.9 Å². The second-order valence-corrected chi connectivity index (χ2v) is 5.57. The van der Waals surface area contributed by atoms with Crippen molar-refractivity contribution in [2.75, 3.05) is 0 Å². The van der Waals surface area contributed by atoms with Crippen LogP contribution < -0.4 is 10.6 Å². The van der Waals surface area contributed by atoms with Gasteiger partial charge in [0.15, 0.2) is 0 Å². The number of amides is 2. The smallest absolute Gasteiger partial charge is 0.251 e. The molecule has 1 aromatic rings. The number of rotatable bonds is 6. The van der Waals surface area contributed by atoms with E-state index in [4.69, 9.17) is 0 Å². The molecule has 4 heteroatoms. The summed E-state index contributed by atoms with van der Waals surface area (Å²) in [5, 5.41) is 5.76. The Bertz CT molecular complexity index is 518. The van der Waals surface area contributed by atoms with Gasteiger partial charge in [0, 0.05) is 18.2 Å². The van der Waals surface area contributed by atoms with Crippen molar-refractivity contribution in [3.05, 3.63) is 48.0 Å². The van der Waals surface area contributed by atoms with Gasteiger partial charge in [0.25, 0.3) is 5.91 Å². The molecule has 1 unspecified atom stereocenters. The lowest BCUT2D eigenvalue weighted by atomic mass is 9.80. The number of nitrogens with one attached hydrogen (secondary N) is 2. The fourth-order valence-electron chi connectivity index (χ4n) is 2.38. The molecule has 1 aromatic carbocycles. The minimum absolute atomic E-state index is 0.0314. The lowest BCUT2D eigenvalue weighted by Crippen LogP contribution is -2.40. The first-order valence-corrected chi connectivity index (χ1v) is 7.40. The van der Waals surface area contributed by atoms with E-state index in [0.29, 0.717) is 18.0 Å². The molecule has 1 fully saturated rings. The van der Waals surface area contributed by atoms with Gasteiger partial charge >= 0.3 is 0 Å². The molecule has 0 radical (unpaired) electrons. The van der Waals surface area contributed by atoms with Crippen LogP contribution in [-0.4, -0.2) is 17.9 Å². The Balaban J connectivity index is 1.87. The molecule has 4 nitrogen and oxygen atoms in total. The highest BCUT2D eigenvalue weighted by atomic mass is 16.2. The molecule has 0 aliphatic heterocycles. The maximum Gasteiger partial charge on any atom is 0.251 e. The Morgan fingerprint density at radius 2 is 2.00 bits per heavy atom. The number of carbonyl (C=O) groups excluding carboxylic acids is 2. The Kier molecular flexibility index (Phi) is 5.14. The molecule has 2 amide bonds. The van der Waals surface area contributed by atoms with Crippen molar-refractivity contribution in [2.24, 2.45) is 5.92 Å². The Morgan fingerprint density at radius 1 is 1.33 bits per heavy atom. The molecule has 112 valence electrons. The normalized spacial score (nSPS) is 15.7. The van der Waals surface area contributed by atoms with Crippen LogP contribution in [0.25, 0.3) is 0 Å². The first kappa shape index (κ1) is 15.3. The molecule has 1 atom stereocenters. The van der Waals surface area contributed by atoms with Crippen molar-refractivity contribution in [1.29, 1.82) is 0 Å². The minimum atomic E-state index is -0.203. The molecular weight excluding hydrogens is 264 g/mol. The van der Waals surface area contributed by atoms with Crippen molar-refractivity contribution in [3.63, 3.8) is 0 Å². The van der Waals surface area contributed by atoms with Crippen LogP contribution >= 0.6 is 0 Å². The zero-order valence-corrected chi connectivity index (χ0v) is 12.4. The van der Waals surface area contributed by atoms with Crippen molar-refractivity contribution >= 4 is 11.8 Å². The molecule has 0 saturated heterocycles. The molecule has 0 aromatic heterocycles. The van der Waals surface area contributed by atoms with Gasteiger partial charge in [-0.25, -0.2) is 0 Å². The molecule has 1 saturated carbocycles. The lowest BCUT2D eigenvalue weighted by molar-refractivity contribution is -0.116. The standard InChI is InChI=1S/C17H22N2O2/c1-3-16(20)18-11-13-7-9-15(10-8-13)17(21)19-12(2)14-5-4-6-14/h3,7-10,12,14H,1,4-6,11H2,2H3,(H,18,20)(H,19,21). The van der Waals surface area contributed by atoms with Gasteiger partial charge < -0.3 is 10.6 Å². The maximum atomic E-state index is 12.1. The summed E-state index contributed by atoms with van der Waals surface area (Å²) in [5.74, 6) is 0.393. The highest BCUT2D eigenvalue weighted by Crippen LogP contribution is 2.29. The van der Waals surface area contributed by atoms with Crippen molar-refractivity contribution in [2.45, 2.75) is 38.8 Å². The van der Waals surface area contributed by atoms with Gasteiger partial charge in [-0.05, 0) is 49.5 Å². The van der Waals surface area contributed by atoms with Crippen LogP contribution in [0.3, 0.4) is 0 Å². The van der Waals surface area contributed by atoms with E-state index in [9.17, 15) is 9.59 Å². The lowest BCUT2D eigenvalue weighted by Gasteiger charge is -2.31. The van der Waals surface area contributed by atoms with Gasteiger partial charge in [0.05, 0.1) is 0 Å². The molecule has 1 aliphatic carbocycles. The highest BCUT2D eigenvalue weighted by molar-refractivity contribution is 5.94. The average molecular weight is 286 g/mol. The van der Waals surface area contributed by atoms with Gasteiger partial charge in [-0.15, -0.1) is 0 Å². The molecule has 0 spiro atoms. The van der Waals surface area contributed by atoms with E-state index in [1.54, 1.807) is 12.1 Å². The van der Waals surface area contributed by atoms with Crippen LogP contribution in [0.1, 0.15) is 42.1 Å². The zero-order valence-electron chi connectivity index (χ0n) is 12.4. The quantitative estimate of drug-likeness (QED) is 0.789. The topological polar surface area (TPSA) is 58.2 Å². The predicted molar refractivity (Wildman–Crippen MR) is 82.8 cm³/mol. The van der Waals surface area contributed by atoms with Gasteiger partial charge in [0.1, 0.15) is 0 Å². The Hall–Kier alpha value is -2.10. The summed E-state index contributed by atoms with van der Waals surface area (Å²) in [6.45, 7) is 5.90. The van der Waals surface area contributed by atoms with Crippen LogP contribution in [0.4, 0.5) is 0 Å². The summed E-state index contributed by atoms with van der Waals surface area (Å²) in [7, 11) is 0. The largest absolute Gasteiger partial charge is 0.349 e. The molecule has 0 bridgehead atoms. The van der Waals surface area contributed by atoms with Crippen LogP contribution in [-0.2, 0) is 11.3 Å². The van der Waals surface area contributed by atoms with Crippen molar-refractivity contribution in [1.82, 2.24) is 10.6 Å². The van der Waals surface area contributed by atoms with E-state index < -0.39 is 0 Å². The summed E-state index contributed by atoms with van der Waals surface area (Å²) < 4.78 is 0. The van der Waals surface area contributed by atoms with Gasteiger partial charge in [-0.2, -0.15) is 0 Å². The van der Waals surface area contributed by atoms with Gasteiger partial charge in [-0.1, -0.05) is 25.1 Å². The molecule has 0 heterocycles. The summed E-state index contributed by atoms with van der Waals surface area (Å²) in [6, 6.07) is 7.52. The van der Waals surface area contributed by atoms with E-state index in [1.807, 2.05) is 12.1 Å². The fraction of sp³-hybridized carbons (Fsp3) is 0.412. The van der Waals surface area contributed by atoms with Crippen LogP contribution in [0, 0.1) is 5.92 Å². The highest BCUT2D eigenvalue weighted by Gasteiger charge is 2.25. The Labute approximate surface area is 125 Å². The van der Waals surface area contributed by atoms with E-state index in [-0.39, 0.29) is 17.9 Å². The Morgan fingerprint density at radius 3 is 2.52 bits per heavy atom. The van der Waals surface area contributed by atoms with E-state index in [0.717, 1.165) is 5.56 Å². The monoisotopic (exact) mass is 286 g/mol. The van der Waals surface area contributed by atoms with Crippen molar-refractivity contribution in [3.8, 4) is 0 Å². The van der Waals surface area contributed by atoms with E-state index in [2.05, 4.69) is 24.1 Å². The molecule has 21 heavy (non-hydrogen) atoms. The second kappa shape index (κ2) is 7.07. The molecular formula is C17H22N2O2. The number of hydrogen-bond donors (Lipinski definition) is 2. The zero-order chi connectivity index (χ0) is 15.2. The van der Waals surface area contributed by atoms with Crippen LogP contribution in [0.5, 0.6) is 0 Å². The number of carbonyl (C=O) groups is 2. The van der Waals surface area contributed by atoms with Gasteiger partial charge in [-0.3, -0.25) is 9.59 Å². The summed E-state index contributed by atoms with van der Waals surface area (Å²) >= 11 is 0. The molecule has 2 rings (SSSR count). The first-order chi connectivity index (χ1) is 10.1. The van der Waals surface area contributed by atoms with Crippen LogP contribution in [0.2, 0.25) is 0 Å². The molecule has 1 aliphatic rings. The summed E-state index contributed by atoms with van der Waals surface area (Å²) in [5.41, 5.74) is 1.61. The fourth-order valence-corrected chi connectivity index (χ4v) is 2.38. The third-order valence-electron chi connectivity index (χ3n) is 4.08. The second-order valence-electron chi connectivity index (χ2n) is 5.57. The van der Waals surface area contributed by atoms with Gasteiger partial charge in [0.2, 0.25) is 5.91 Å². The summed E-state index contributed by atoms with van der Waals surface area (Å²) in [6.07, 6.45) is 4.94. The average Bonchev–Trinajstić information content (AvgIpc) is 2.43. The summed E-state index contributed by atoms with van der Waals surface area (Å²) in [4.78, 5) is 23.2. The maximum absolute atomic E-state index is 12.1. The van der Waals surface area contributed by atoms with E-state index >= 15 is 0 Å². The third-order valence-corrected chi connectivity index (χ3v) is 4.08. The minimum Gasteiger partial charge on any atom is -0.349 e. The molecule has 2 N–H and O–H groups in total.